The summed E-state index contributed by atoms with van der Waals surface area (Å²) in [6.07, 6.45) is 0. The van der Waals surface area contributed by atoms with Crippen molar-refractivity contribution in [3.8, 4) is 0 Å². The molecule has 0 amide bonds. The molecule has 0 unspecified atom stereocenters. The SMILES string of the molecule is O=C(Cl)c1cc2ccccc2cc1CCl. The lowest BCUT2D eigenvalue weighted by Crippen LogP contribution is -1.95. The zero-order valence-electron chi connectivity index (χ0n) is 7.84. The summed E-state index contributed by atoms with van der Waals surface area (Å²) in [5.41, 5.74) is 1.26. The van der Waals surface area contributed by atoms with Gasteiger partial charge in [0.15, 0.2) is 0 Å². The molecule has 2 rings (SSSR count). The van der Waals surface area contributed by atoms with Crippen LogP contribution in [0, 0.1) is 0 Å². The van der Waals surface area contributed by atoms with Gasteiger partial charge in [0.1, 0.15) is 0 Å². The highest BCUT2D eigenvalue weighted by Gasteiger charge is 2.09. The highest BCUT2D eigenvalue weighted by Crippen LogP contribution is 2.22. The summed E-state index contributed by atoms with van der Waals surface area (Å²) in [5.74, 6) is 0.290. The fourth-order valence-electron chi connectivity index (χ4n) is 1.58. The molecule has 15 heavy (non-hydrogen) atoms. The van der Waals surface area contributed by atoms with Gasteiger partial charge in [-0.05, 0) is 40.1 Å². The first-order valence-corrected chi connectivity index (χ1v) is 5.41. The Morgan fingerprint density at radius 3 is 2.27 bits per heavy atom. The zero-order valence-corrected chi connectivity index (χ0v) is 9.35. The van der Waals surface area contributed by atoms with Crippen molar-refractivity contribution >= 4 is 39.2 Å². The topological polar surface area (TPSA) is 17.1 Å². The third-order valence-corrected chi connectivity index (χ3v) is 2.82. The maximum Gasteiger partial charge on any atom is 0.252 e. The number of hydrogen-bond acceptors (Lipinski definition) is 1. The Bertz CT molecular complexity index is 520. The summed E-state index contributed by atoms with van der Waals surface area (Å²) in [6.45, 7) is 0. The molecule has 0 spiro atoms. The monoisotopic (exact) mass is 238 g/mol. The van der Waals surface area contributed by atoms with Crippen LogP contribution < -0.4 is 0 Å². The number of hydrogen-bond donors (Lipinski definition) is 0. The molecule has 2 aromatic rings. The molecular formula is C12H8Cl2O. The van der Waals surface area contributed by atoms with Crippen LogP contribution in [0.5, 0.6) is 0 Å². The van der Waals surface area contributed by atoms with Crippen LogP contribution in [0.25, 0.3) is 10.8 Å². The van der Waals surface area contributed by atoms with E-state index in [9.17, 15) is 4.79 Å². The standard InChI is InChI=1S/C12H8Cl2O/c13-7-10-5-8-3-1-2-4-9(8)6-11(10)12(14)15/h1-6H,7H2. The van der Waals surface area contributed by atoms with Gasteiger partial charge < -0.3 is 0 Å². The van der Waals surface area contributed by atoms with Crippen LogP contribution in [0.3, 0.4) is 0 Å². The van der Waals surface area contributed by atoms with Gasteiger partial charge in [0.2, 0.25) is 0 Å². The van der Waals surface area contributed by atoms with Crippen molar-refractivity contribution in [2.24, 2.45) is 0 Å². The van der Waals surface area contributed by atoms with E-state index in [-0.39, 0.29) is 0 Å². The molecule has 1 nitrogen and oxygen atoms in total. The van der Waals surface area contributed by atoms with E-state index in [0.717, 1.165) is 16.3 Å². The minimum Gasteiger partial charge on any atom is -0.276 e. The Morgan fingerprint density at radius 2 is 1.73 bits per heavy atom. The van der Waals surface area contributed by atoms with Crippen molar-refractivity contribution < 1.29 is 4.79 Å². The van der Waals surface area contributed by atoms with E-state index < -0.39 is 5.24 Å². The van der Waals surface area contributed by atoms with Crippen LogP contribution in [0.4, 0.5) is 0 Å². The van der Waals surface area contributed by atoms with Crippen LogP contribution in [0.2, 0.25) is 0 Å². The second-order valence-corrected chi connectivity index (χ2v) is 3.87. The number of fused-ring (bicyclic) bond motifs is 1. The lowest BCUT2D eigenvalue weighted by molar-refractivity contribution is 0.108. The molecule has 3 heteroatoms. The third-order valence-electron chi connectivity index (χ3n) is 2.33. The summed E-state index contributed by atoms with van der Waals surface area (Å²) in [4.78, 5) is 11.2. The van der Waals surface area contributed by atoms with Crippen LogP contribution in [0.15, 0.2) is 36.4 Å². The van der Waals surface area contributed by atoms with E-state index >= 15 is 0 Å². The maximum absolute atomic E-state index is 11.2. The molecule has 0 heterocycles. The van der Waals surface area contributed by atoms with Gasteiger partial charge in [-0.1, -0.05) is 24.3 Å². The summed E-state index contributed by atoms with van der Waals surface area (Å²) < 4.78 is 0. The average molecular weight is 239 g/mol. The van der Waals surface area contributed by atoms with Gasteiger partial charge in [-0.15, -0.1) is 11.6 Å². The Balaban J connectivity index is 2.74. The summed E-state index contributed by atoms with van der Waals surface area (Å²) in [7, 11) is 0. The maximum atomic E-state index is 11.2. The molecule has 0 N–H and O–H groups in total. The van der Waals surface area contributed by atoms with Crippen LogP contribution in [-0.4, -0.2) is 5.24 Å². The van der Waals surface area contributed by atoms with Gasteiger partial charge >= 0.3 is 0 Å². The van der Waals surface area contributed by atoms with Crippen molar-refractivity contribution in [2.75, 3.05) is 0 Å². The Hall–Kier alpha value is -1.05. The number of benzene rings is 2. The lowest BCUT2D eigenvalue weighted by Gasteiger charge is -2.05. The van der Waals surface area contributed by atoms with Gasteiger partial charge in [-0.3, -0.25) is 4.79 Å². The summed E-state index contributed by atoms with van der Waals surface area (Å²) in [6, 6.07) is 11.5. The molecule has 0 saturated heterocycles. The fraction of sp³-hybridized carbons (Fsp3) is 0.0833. The average Bonchev–Trinajstić information content (AvgIpc) is 2.27. The zero-order chi connectivity index (χ0) is 10.8. The Morgan fingerprint density at radius 1 is 1.13 bits per heavy atom. The predicted molar refractivity (Wildman–Crippen MR) is 63.7 cm³/mol. The first kappa shape index (κ1) is 10.5. The predicted octanol–water partition coefficient (Wildman–Crippen LogP) is 3.96. The summed E-state index contributed by atoms with van der Waals surface area (Å²) >= 11 is 11.3. The number of carbonyl (C=O) groups excluding carboxylic acids is 1. The van der Waals surface area contributed by atoms with Gasteiger partial charge in [-0.2, -0.15) is 0 Å². The van der Waals surface area contributed by atoms with E-state index in [1.54, 1.807) is 6.07 Å². The van der Waals surface area contributed by atoms with Crippen LogP contribution >= 0.6 is 23.2 Å². The van der Waals surface area contributed by atoms with E-state index in [2.05, 4.69) is 0 Å². The van der Waals surface area contributed by atoms with Crippen LogP contribution in [-0.2, 0) is 5.88 Å². The van der Waals surface area contributed by atoms with Crippen molar-refractivity contribution in [1.82, 2.24) is 0 Å². The highest BCUT2D eigenvalue weighted by molar-refractivity contribution is 6.68. The number of alkyl halides is 1. The molecule has 0 aromatic heterocycles. The third kappa shape index (κ3) is 1.99. The molecular weight excluding hydrogens is 231 g/mol. The second-order valence-electron chi connectivity index (χ2n) is 3.26. The van der Waals surface area contributed by atoms with Crippen LogP contribution in [0.1, 0.15) is 15.9 Å². The normalized spacial score (nSPS) is 10.5. The smallest absolute Gasteiger partial charge is 0.252 e. The molecule has 0 aliphatic heterocycles. The van der Waals surface area contributed by atoms with Gasteiger partial charge in [0.25, 0.3) is 5.24 Å². The minimum atomic E-state index is -0.462. The summed E-state index contributed by atoms with van der Waals surface area (Å²) in [5, 5.41) is 1.60. The molecule has 0 aliphatic rings. The van der Waals surface area contributed by atoms with Gasteiger partial charge in [-0.25, -0.2) is 0 Å². The highest BCUT2D eigenvalue weighted by atomic mass is 35.5. The molecule has 0 aliphatic carbocycles. The molecule has 0 fully saturated rings. The van der Waals surface area contributed by atoms with Crippen molar-refractivity contribution in [3.05, 3.63) is 47.5 Å². The van der Waals surface area contributed by atoms with Crippen molar-refractivity contribution in [2.45, 2.75) is 5.88 Å². The minimum absolute atomic E-state index is 0.290. The lowest BCUT2D eigenvalue weighted by atomic mass is 10.0. The molecule has 0 atom stereocenters. The van der Waals surface area contributed by atoms with Gasteiger partial charge in [0, 0.05) is 11.4 Å². The first-order chi connectivity index (χ1) is 7.22. The molecule has 2 aromatic carbocycles. The number of rotatable bonds is 2. The first-order valence-electron chi connectivity index (χ1n) is 4.50. The Kier molecular flexibility index (Phi) is 2.94. The number of carbonyl (C=O) groups is 1. The molecule has 0 saturated carbocycles. The Labute approximate surface area is 97.6 Å². The fourth-order valence-corrected chi connectivity index (χ4v) is 1.98. The number of halogens is 2. The van der Waals surface area contributed by atoms with E-state index in [1.807, 2.05) is 30.3 Å². The molecule has 76 valence electrons. The largest absolute Gasteiger partial charge is 0.276 e. The van der Waals surface area contributed by atoms with E-state index in [0.29, 0.717) is 11.4 Å². The van der Waals surface area contributed by atoms with Gasteiger partial charge in [0.05, 0.1) is 0 Å². The molecule has 0 radical (unpaired) electrons. The van der Waals surface area contributed by atoms with Crippen molar-refractivity contribution in [3.63, 3.8) is 0 Å². The van der Waals surface area contributed by atoms with E-state index in [4.69, 9.17) is 23.2 Å². The molecule has 0 bridgehead atoms. The van der Waals surface area contributed by atoms with E-state index in [1.165, 1.54) is 0 Å². The quantitative estimate of drug-likeness (QED) is 0.572. The van der Waals surface area contributed by atoms with Crippen molar-refractivity contribution in [1.29, 1.82) is 0 Å². The second kappa shape index (κ2) is 4.21.